The Morgan fingerprint density at radius 1 is 1.09 bits per heavy atom. The van der Waals surface area contributed by atoms with Gasteiger partial charge in [-0.3, -0.25) is 9.89 Å². The maximum Gasteiger partial charge on any atom is 0.316 e. The van der Waals surface area contributed by atoms with Gasteiger partial charge in [0.1, 0.15) is 5.69 Å². The van der Waals surface area contributed by atoms with Gasteiger partial charge in [0.2, 0.25) is 0 Å². The van der Waals surface area contributed by atoms with Gasteiger partial charge in [0.15, 0.2) is 11.5 Å². The molecule has 3 rings (SSSR count). The van der Waals surface area contributed by atoms with Gasteiger partial charge < -0.3 is 20.8 Å². The second-order valence-electron chi connectivity index (χ2n) is 4.67. The maximum atomic E-state index is 12.2. The van der Waals surface area contributed by atoms with Crippen molar-refractivity contribution in [3.8, 4) is 11.5 Å². The number of aromatic nitrogens is 2. The van der Waals surface area contributed by atoms with E-state index in [1.54, 1.807) is 42.5 Å². The molecule has 0 aliphatic carbocycles. The maximum absolute atomic E-state index is 12.2. The van der Waals surface area contributed by atoms with E-state index >= 15 is 0 Å². The molecule has 8 heteroatoms. The van der Waals surface area contributed by atoms with Crippen LogP contribution in [0.3, 0.4) is 0 Å². The highest BCUT2D eigenvalue weighted by atomic mass is 16.3. The third-order valence-corrected chi connectivity index (χ3v) is 2.99. The molecule has 2 aromatic heterocycles. The fraction of sp³-hybridized carbons (Fsp3) is 0. The van der Waals surface area contributed by atoms with Crippen LogP contribution >= 0.6 is 0 Å². The van der Waals surface area contributed by atoms with Crippen molar-refractivity contribution in [1.29, 1.82) is 0 Å². The predicted octanol–water partition coefficient (Wildman–Crippen LogP) is 2.41. The number of carbonyl (C=O) groups excluding carboxylic acids is 2. The molecule has 0 spiro atoms. The summed E-state index contributed by atoms with van der Waals surface area (Å²) in [5, 5.41) is 11.8. The summed E-state index contributed by atoms with van der Waals surface area (Å²) in [4.78, 5) is 23.0. The molecule has 1 aromatic carbocycles. The molecular weight excluding hydrogens is 298 g/mol. The fourth-order valence-corrected chi connectivity index (χ4v) is 2.01. The summed E-state index contributed by atoms with van der Waals surface area (Å²) in [5.74, 6) is 0.194. The van der Waals surface area contributed by atoms with E-state index in [9.17, 15) is 9.59 Å². The summed E-state index contributed by atoms with van der Waals surface area (Å²) in [7, 11) is 0. The SMILES string of the molecule is NC(=O)Nc1cccc(NC(=O)c2cc(-c3ccco3)[nH]n2)c1. The number of aromatic amines is 1. The number of amides is 3. The van der Waals surface area contributed by atoms with Gasteiger partial charge in [0.05, 0.1) is 6.26 Å². The lowest BCUT2D eigenvalue weighted by Crippen LogP contribution is -2.19. The first kappa shape index (κ1) is 14.4. The number of primary amides is 1. The van der Waals surface area contributed by atoms with Crippen LogP contribution in [0.2, 0.25) is 0 Å². The van der Waals surface area contributed by atoms with E-state index in [1.807, 2.05) is 0 Å². The van der Waals surface area contributed by atoms with Crippen molar-refractivity contribution in [1.82, 2.24) is 10.2 Å². The van der Waals surface area contributed by atoms with E-state index in [0.717, 1.165) is 0 Å². The molecule has 5 N–H and O–H groups in total. The number of furan rings is 1. The number of nitrogens with two attached hydrogens (primary N) is 1. The molecule has 0 saturated carbocycles. The first-order valence-electron chi connectivity index (χ1n) is 6.69. The molecule has 0 bridgehead atoms. The molecule has 8 nitrogen and oxygen atoms in total. The van der Waals surface area contributed by atoms with Crippen LogP contribution in [-0.2, 0) is 0 Å². The Morgan fingerprint density at radius 3 is 2.57 bits per heavy atom. The second kappa shape index (κ2) is 6.06. The Labute approximate surface area is 130 Å². The molecule has 0 fully saturated rings. The number of benzene rings is 1. The lowest BCUT2D eigenvalue weighted by molar-refractivity contribution is 0.102. The highest BCUT2D eigenvalue weighted by molar-refractivity contribution is 6.03. The third-order valence-electron chi connectivity index (χ3n) is 2.99. The van der Waals surface area contributed by atoms with Crippen LogP contribution in [0.1, 0.15) is 10.5 Å². The lowest BCUT2D eigenvalue weighted by atomic mass is 10.2. The van der Waals surface area contributed by atoms with E-state index in [-0.39, 0.29) is 5.69 Å². The van der Waals surface area contributed by atoms with Gasteiger partial charge in [-0.2, -0.15) is 5.10 Å². The Hall–Kier alpha value is -3.55. The van der Waals surface area contributed by atoms with Crippen molar-refractivity contribution in [3.05, 3.63) is 54.4 Å². The summed E-state index contributed by atoms with van der Waals surface area (Å²) in [6.07, 6.45) is 1.53. The number of H-pyrrole nitrogens is 1. The van der Waals surface area contributed by atoms with Gasteiger partial charge in [0, 0.05) is 17.4 Å². The Kier molecular flexibility index (Phi) is 3.79. The molecule has 116 valence electrons. The monoisotopic (exact) mass is 311 g/mol. The quantitative estimate of drug-likeness (QED) is 0.590. The minimum absolute atomic E-state index is 0.213. The van der Waals surface area contributed by atoms with Crippen LogP contribution < -0.4 is 16.4 Å². The van der Waals surface area contributed by atoms with Gasteiger partial charge in [-0.1, -0.05) is 6.07 Å². The molecule has 0 aliphatic heterocycles. The van der Waals surface area contributed by atoms with E-state index in [4.69, 9.17) is 10.2 Å². The standard InChI is InChI=1S/C15H13N5O3/c16-15(22)18-10-4-1-3-9(7-10)17-14(21)12-8-11(19-20-12)13-5-2-6-23-13/h1-8H,(H,17,21)(H,19,20)(H3,16,18,22). The molecule has 2 heterocycles. The predicted molar refractivity (Wildman–Crippen MR) is 83.9 cm³/mol. The van der Waals surface area contributed by atoms with Crippen LogP contribution in [-0.4, -0.2) is 22.1 Å². The van der Waals surface area contributed by atoms with Gasteiger partial charge in [-0.25, -0.2) is 4.79 Å². The number of nitrogens with zero attached hydrogens (tertiary/aromatic N) is 1. The van der Waals surface area contributed by atoms with Crippen molar-refractivity contribution in [2.24, 2.45) is 5.73 Å². The Bertz CT molecular complexity index is 838. The topological polar surface area (TPSA) is 126 Å². The van der Waals surface area contributed by atoms with Crippen molar-refractivity contribution in [2.45, 2.75) is 0 Å². The molecule has 3 aromatic rings. The minimum atomic E-state index is -0.677. The van der Waals surface area contributed by atoms with Crippen molar-refractivity contribution < 1.29 is 14.0 Å². The van der Waals surface area contributed by atoms with Crippen molar-refractivity contribution >= 4 is 23.3 Å². The van der Waals surface area contributed by atoms with Crippen molar-refractivity contribution in [3.63, 3.8) is 0 Å². The first-order valence-corrected chi connectivity index (χ1v) is 6.69. The average molecular weight is 311 g/mol. The molecule has 0 unspecified atom stereocenters. The summed E-state index contributed by atoms with van der Waals surface area (Å²) in [6.45, 7) is 0. The summed E-state index contributed by atoms with van der Waals surface area (Å²) in [6, 6.07) is 11.0. The van der Waals surface area contributed by atoms with Crippen LogP contribution in [0.5, 0.6) is 0 Å². The van der Waals surface area contributed by atoms with Crippen LogP contribution in [0, 0.1) is 0 Å². The Balaban J connectivity index is 1.73. The normalized spacial score (nSPS) is 10.3. The first-order chi connectivity index (χ1) is 11.1. The third kappa shape index (κ3) is 3.38. The zero-order valence-electron chi connectivity index (χ0n) is 11.9. The summed E-state index contributed by atoms with van der Waals surface area (Å²) in [5.41, 5.74) is 6.85. The van der Waals surface area contributed by atoms with E-state index in [2.05, 4.69) is 20.8 Å². The molecule has 0 radical (unpaired) electrons. The molecular formula is C15H13N5O3. The average Bonchev–Trinajstić information content (AvgIpc) is 3.18. The number of hydrogen-bond acceptors (Lipinski definition) is 4. The van der Waals surface area contributed by atoms with Gasteiger partial charge >= 0.3 is 6.03 Å². The number of urea groups is 1. The van der Waals surface area contributed by atoms with E-state index < -0.39 is 11.9 Å². The zero-order valence-corrected chi connectivity index (χ0v) is 11.9. The van der Waals surface area contributed by atoms with Gasteiger partial charge in [-0.05, 0) is 30.3 Å². The number of hydrogen-bond donors (Lipinski definition) is 4. The smallest absolute Gasteiger partial charge is 0.316 e. The largest absolute Gasteiger partial charge is 0.463 e. The minimum Gasteiger partial charge on any atom is -0.463 e. The number of anilines is 2. The van der Waals surface area contributed by atoms with Gasteiger partial charge in [-0.15, -0.1) is 0 Å². The van der Waals surface area contributed by atoms with Crippen LogP contribution in [0.15, 0.2) is 53.1 Å². The molecule has 0 aliphatic rings. The molecule has 0 saturated heterocycles. The van der Waals surface area contributed by atoms with E-state index in [1.165, 1.54) is 6.26 Å². The number of rotatable bonds is 4. The number of carbonyl (C=O) groups is 2. The highest BCUT2D eigenvalue weighted by Crippen LogP contribution is 2.19. The van der Waals surface area contributed by atoms with Gasteiger partial charge in [0.25, 0.3) is 5.91 Å². The van der Waals surface area contributed by atoms with Crippen molar-refractivity contribution in [2.75, 3.05) is 10.6 Å². The summed E-state index contributed by atoms with van der Waals surface area (Å²) < 4.78 is 5.23. The second-order valence-corrected chi connectivity index (χ2v) is 4.67. The summed E-state index contributed by atoms with van der Waals surface area (Å²) >= 11 is 0. The zero-order chi connectivity index (χ0) is 16.2. The highest BCUT2D eigenvalue weighted by Gasteiger charge is 2.13. The van der Waals surface area contributed by atoms with Crippen LogP contribution in [0.4, 0.5) is 16.2 Å². The van der Waals surface area contributed by atoms with Crippen LogP contribution in [0.25, 0.3) is 11.5 Å². The molecule has 23 heavy (non-hydrogen) atoms. The Morgan fingerprint density at radius 2 is 1.87 bits per heavy atom. The number of nitrogens with one attached hydrogen (secondary N) is 3. The lowest BCUT2D eigenvalue weighted by Gasteiger charge is -2.06. The van der Waals surface area contributed by atoms with E-state index in [0.29, 0.717) is 22.8 Å². The molecule has 0 atom stereocenters. The molecule has 3 amide bonds. The fourth-order valence-electron chi connectivity index (χ4n) is 2.01.